The van der Waals surface area contributed by atoms with Crippen molar-refractivity contribution in [3.63, 3.8) is 0 Å². The summed E-state index contributed by atoms with van der Waals surface area (Å²) in [4.78, 5) is 0. The average Bonchev–Trinajstić information content (AvgIpc) is 2.36. The summed E-state index contributed by atoms with van der Waals surface area (Å²) in [5.41, 5.74) is 7.77. The second-order valence-corrected chi connectivity index (χ2v) is 4.99. The summed E-state index contributed by atoms with van der Waals surface area (Å²) >= 11 is 0. The van der Waals surface area contributed by atoms with Crippen LogP contribution in [0, 0.1) is 11.6 Å². The highest BCUT2D eigenvalue weighted by Crippen LogP contribution is 2.22. The standard InChI is InChI=1S/C15H19F2N/c16-14-8-4-7-12(15(14)17)10-13(18)9-11-5-2-1-3-6-11/h4-5,7-8,13H,1-3,6,9-10,18H2. The fourth-order valence-electron chi connectivity index (χ4n) is 2.49. The predicted octanol–water partition coefficient (Wildman–Crippen LogP) is 3.73. The van der Waals surface area contributed by atoms with Gasteiger partial charge in [0.1, 0.15) is 0 Å². The minimum Gasteiger partial charge on any atom is -0.327 e. The third-order valence-electron chi connectivity index (χ3n) is 3.42. The Morgan fingerprint density at radius 2 is 2.00 bits per heavy atom. The quantitative estimate of drug-likeness (QED) is 0.811. The van der Waals surface area contributed by atoms with Crippen molar-refractivity contribution in [2.45, 2.75) is 44.6 Å². The second kappa shape index (κ2) is 6.10. The highest BCUT2D eigenvalue weighted by atomic mass is 19.2. The summed E-state index contributed by atoms with van der Waals surface area (Å²) < 4.78 is 26.6. The van der Waals surface area contributed by atoms with Gasteiger partial charge in [0.15, 0.2) is 11.6 Å². The monoisotopic (exact) mass is 251 g/mol. The van der Waals surface area contributed by atoms with Gasteiger partial charge in [0.25, 0.3) is 0 Å². The Balaban J connectivity index is 1.96. The maximum absolute atomic E-state index is 13.5. The zero-order valence-electron chi connectivity index (χ0n) is 10.5. The molecule has 0 aliphatic heterocycles. The Kier molecular flexibility index (Phi) is 4.48. The number of halogens is 2. The van der Waals surface area contributed by atoms with Crippen molar-refractivity contribution >= 4 is 0 Å². The van der Waals surface area contributed by atoms with E-state index < -0.39 is 11.6 Å². The average molecular weight is 251 g/mol. The molecule has 0 radical (unpaired) electrons. The van der Waals surface area contributed by atoms with E-state index in [-0.39, 0.29) is 6.04 Å². The molecule has 0 spiro atoms. The Bertz CT molecular complexity index is 440. The van der Waals surface area contributed by atoms with E-state index in [4.69, 9.17) is 5.73 Å². The molecular weight excluding hydrogens is 232 g/mol. The molecule has 0 saturated heterocycles. The molecule has 1 aromatic rings. The highest BCUT2D eigenvalue weighted by Gasteiger charge is 2.13. The molecule has 1 unspecified atom stereocenters. The second-order valence-electron chi connectivity index (χ2n) is 4.99. The van der Waals surface area contributed by atoms with E-state index in [0.717, 1.165) is 25.3 Å². The van der Waals surface area contributed by atoms with Crippen LogP contribution in [-0.2, 0) is 6.42 Å². The van der Waals surface area contributed by atoms with Gasteiger partial charge in [0.05, 0.1) is 0 Å². The topological polar surface area (TPSA) is 26.0 Å². The van der Waals surface area contributed by atoms with E-state index in [1.165, 1.54) is 24.5 Å². The molecule has 1 aliphatic rings. The lowest BCUT2D eigenvalue weighted by atomic mass is 9.92. The van der Waals surface area contributed by atoms with Crippen molar-refractivity contribution in [2.24, 2.45) is 5.73 Å². The van der Waals surface area contributed by atoms with Crippen LogP contribution in [0.25, 0.3) is 0 Å². The van der Waals surface area contributed by atoms with E-state index in [9.17, 15) is 8.78 Å². The van der Waals surface area contributed by atoms with Crippen LogP contribution in [0.3, 0.4) is 0 Å². The molecule has 1 atom stereocenters. The fraction of sp³-hybridized carbons (Fsp3) is 0.467. The van der Waals surface area contributed by atoms with Gasteiger partial charge in [0, 0.05) is 6.04 Å². The Morgan fingerprint density at radius 1 is 1.17 bits per heavy atom. The number of rotatable bonds is 4. The van der Waals surface area contributed by atoms with Gasteiger partial charge in [-0.15, -0.1) is 0 Å². The molecule has 0 fully saturated rings. The van der Waals surface area contributed by atoms with Crippen LogP contribution in [0.2, 0.25) is 0 Å². The minimum absolute atomic E-state index is 0.134. The third kappa shape index (κ3) is 3.39. The van der Waals surface area contributed by atoms with Gasteiger partial charge in [0.2, 0.25) is 0 Å². The first-order valence-electron chi connectivity index (χ1n) is 6.53. The van der Waals surface area contributed by atoms with Gasteiger partial charge in [-0.3, -0.25) is 0 Å². The van der Waals surface area contributed by atoms with Crippen LogP contribution < -0.4 is 5.73 Å². The summed E-state index contributed by atoms with van der Waals surface area (Å²) in [6.45, 7) is 0. The lowest BCUT2D eigenvalue weighted by molar-refractivity contribution is 0.491. The van der Waals surface area contributed by atoms with Crippen molar-refractivity contribution in [2.75, 3.05) is 0 Å². The first-order valence-corrected chi connectivity index (χ1v) is 6.53. The van der Waals surface area contributed by atoms with Gasteiger partial charge in [-0.05, 0) is 50.2 Å². The lowest BCUT2D eigenvalue weighted by Gasteiger charge is -2.17. The molecule has 2 N–H and O–H groups in total. The van der Waals surface area contributed by atoms with Crippen molar-refractivity contribution in [3.8, 4) is 0 Å². The normalized spacial score (nSPS) is 17.4. The maximum atomic E-state index is 13.5. The summed E-state index contributed by atoms with van der Waals surface area (Å²) in [6.07, 6.45) is 8.10. The van der Waals surface area contributed by atoms with Crippen LogP contribution in [-0.4, -0.2) is 6.04 Å². The number of allylic oxidation sites excluding steroid dienone is 1. The smallest absolute Gasteiger partial charge is 0.162 e. The van der Waals surface area contributed by atoms with E-state index >= 15 is 0 Å². The summed E-state index contributed by atoms with van der Waals surface area (Å²) in [5, 5.41) is 0. The van der Waals surface area contributed by atoms with E-state index in [1.54, 1.807) is 6.07 Å². The molecule has 0 heterocycles. The van der Waals surface area contributed by atoms with Gasteiger partial charge in [-0.25, -0.2) is 8.78 Å². The van der Waals surface area contributed by atoms with Crippen molar-refractivity contribution < 1.29 is 8.78 Å². The zero-order chi connectivity index (χ0) is 13.0. The van der Waals surface area contributed by atoms with Crippen molar-refractivity contribution in [1.82, 2.24) is 0 Å². The molecule has 18 heavy (non-hydrogen) atoms. The molecular formula is C15H19F2N. The molecule has 0 aromatic heterocycles. The van der Waals surface area contributed by atoms with E-state index in [1.807, 2.05) is 0 Å². The molecule has 1 aromatic carbocycles. The van der Waals surface area contributed by atoms with Crippen LogP contribution in [0.5, 0.6) is 0 Å². The molecule has 1 nitrogen and oxygen atoms in total. The van der Waals surface area contributed by atoms with Crippen LogP contribution in [0.1, 0.15) is 37.7 Å². The lowest BCUT2D eigenvalue weighted by Crippen LogP contribution is -2.24. The summed E-state index contributed by atoms with van der Waals surface area (Å²) in [5.74, 6) is -1.55. The number of hydrogen-bond acceptors (Lipinski definition) is 1. The minimum atomic E-state index is -0.795. The Morgan fingerprint density at radius 3 is 2.72 bits per heavy atom. The van der Waals surface area contributed by atoms with Gasteiger partial charge in [-0.2, -0.15) is 0 Å². The number of benzene rings is 1. The Hall–Kier alpha value is -1.22. The first kappa shape index (κ1) is 13.2. The van der Waals surface area contributed by atoms with Crippen LogP contribution in [0.15, 0.2) is 29.8 Å². The molecule has 3 heteroatoms. The van der Waals surface area contributed by atoms with E-state index in [0.29, 0.717) is 12.0 Å². The summed E-state index contributed by atoms with van der Waals surface area (Å²) in [6, 6.07) is 4.13. The van der Waals surface area contributed by atoms with Gasteiger partial charge < -0.3 is 5.73 Å². The van der Waals surface area contributed by atoms with Gasteiger partial charge >= 0.3 is 0 Å². The van der Waals surface area contributed by atoms with Gasteiger partial charge in [-0.1, -0.05) is 23.8 Å². The number of nitrogens with two attached hydrogens (primary N) is 1. The van der Waals surface area contributed by atoms with Crippen molar-refractivity contribution in [1.29, 1.82) is 0 Å². The third-order valence-corrected chi connectivity index (χ3v) is 3.42. The first-order chi connectivity index (χ1) is 8.66. The SMILES string of the molecule is NC(CC1=CCCCC1)Cc1cccc(F)c1F. The highest BCUT2D eigenvalue weighted by molar-refractivity contribution is 5.20. The Labute approximate surface area is 107 Å². The maximum Gasteiger partial charge on any atom is 0.162 e. The molecule has 0 saturated carbocycles. The molecule has 0 bridgehead atoms. The predicted molar refractivity (Wildman–Crippen MR) is 69.2 cm³/mol. The molecule has 98 valence electrons. The van der Waals surface area contributed by atoms with Crippen molar-refractivity contribution in [3.05, 3.63) is 47.0 Å². The summed E-state index contributed by atoms with van der Waals surface area (Å²) in [7, 11) is 0. The number of hydrogen-bond donors (Lipinski definition) is 1. The largest absolute Gasteiger partial charge is 0.327 e. The van der Waals surface area contributed by atoms with E-state index in [2.05, 4.69) is 6.08 Å². The van der Waals surface area contributed by atoms with Crippen LogP contribution >= 0.6 is 0 Å². The molecule has 0 amide bonds. The van der Waals surface area contributed by atoms with Crippen LogP contribution in [0.4, 0.5) is 8.78 Å². The molecule has 1 aliphatic carbocycles. The zero-order valence-corrected chi connectivity index (χ0v) is 10.5. The fourth-order valence-corrected chi connectivity index (χ4v) is 2.49. The molecule has 2 rings (SSSR count).